The monoisotopic (exact) mass is 392 g/mol. The van der Waals surface area contributed by atoms with Crippen molar-refractivity contribution in [2.75, 3.05) is 12.8 Å². The second kappa shape index (κ2) is 12.5. The van der Waals surface area contributed by atoms with Gasteiger partial charge >= 0.3 is 7.60 Å². The van der Waals surface area contributed by atoms with Crippen LogP contribution in [0.4, 0.5) is 0 Å². The van der Waals surface area contributed by atoms with E-state index in [0.29, 0.717) is 18.7 Å². The first kappa shape index (κ1) is 20.8. The Morgan fingerprint density at radius 3 is 2.24 bits per heavy atom. The van der Waals surface area contributed by atoms with Crippen LogP contribution in [0.5, 0.6) is 0 Å². The van der Waals surface area contributed by atoms with E-state index in [0.717, 1.165) is 38.5 Å². The molecule has 2 atom stereocenters. The molecule has 0 saturated carbocycles. The van der Waals surface area contributed by atoms with Crippen molar-refractivity contribution < 1.29 is 54.8 Å². The summed E-state index contributed by atoms with van der Waals surface area (Å²) >= 11 is 0. The molecule has 3 nitrogen and oxygen atoms in total. The minimum absolute atomic E-state index is 0. The topological polar surface area (TPSA) is 46.5 Å². The molecule has 0 aliphatic rings. The van der Waals surface area contributed by atoms with Crippen LogP contribution in [-0.4, -0.2) is 17.7 Å². The summed E-state index contributed by atoms with van der Waals surface area (Å²) in [6.45, 7) is 6.67. The molecular weight excluding hydrogens is 367 g/mol. The molecule has 0 aliphatic carbocycles. The van der Waals surface area contributed by atoms with Crippen molar-refractivity contribution in [1.29, 1.82) is 0 Å². The second-order valence-corrected chi connectivity index (χ2v) is 6.32. The smallest absolute Gasteiger partial charge is 0.324 e. The molecule has 0 fully saturated rings. The van der Waals surface area contributed by atoms with Crippen LogP contribution in [0.15, 0.2) is 0 Å². The van der Waals surface area contributed by atoms with E-state index in [9.17, 15) is 9.46 Å². The average Bonchev–Trinajstić information content (AvgIpc) is 2.24. The van der Waals surface area contributed by atoms with Crippen LogP contribution in [0.2, 0.25) is 0 Å². The van der Waals surface area contributed by atoms with Crippen molar-refractivity contribution in [1.82, 2.24) is 0 Å². The molecule has 1 N–H and O–H groups in total. The molecule has 0 bridgehead atoms. The molecule has 0 spiro atoms. The van der Waals surface area contributed by atoms with Gasteiger partial charge in [-0.25, -0.2) is 0 Å². The fourth-order valence-corrected chi connectivity index (χ4v) is 3.26. The third-order valence-electron chi connectivity index (χ3n) is 2.82. The first-order valence-electron chi connectivity index (χ1n) is 6.52. The van der Waals surface area contributed by atoms with Gasteiger partial charge in [-0.1, -0.05) is 46.5 Å². The van der Waals surface area contributed by atoms with Crippen molar-refractivity contribution in [3.63, 3.8) is 0 Å². The van der Waals surface area contributed by atoms with E-state index < -0.39 is 7.60 Å². The third kappa shape index (κ3) is 12.3. The van der Waals surface area contributed by atoms with Gasteiger partial charge in [-0.15, -0.1) is 0 Å². The summed E-state index contributed by atoms with van der Waals surface area (Å²) in [6.07, 6.45) is 6.45. The Hall–Kier alpha value is 1.50. The minimum atomic E-state index is -3.34. The fourth-order valence-electron chi connectivity index (χ4n) is 1.65. The van der Waals surface area contributed by atoms with Gasteiger partial charge in [-0.3, -0.25) is 4.57 Å². The molecule has 5 heteroatoms. The van der Waals surface area contributed by atoms with E-state index in [1.54, 1.807) is 0 Å². The molecule has 17 heavy (non-hydrogen) atoms. The average molecular weight is 395 g/mol. The quantitative estimate of drug-likeness (QED) is 0.446. The van der Waals surface area contributed by atoms with E-state index in [2.05, 4.69) is 13.8 Å². The Morgan fingerprint density at radius 1 is 1.18 bits per heavy atom. The van der Waals surface area contributed by atoms with E-state index >= 15 is 0 Å². The zero-order valence-corrected chi connectivity index (χ0v) is 15.5. The van der Waals surface area contributed by atoms with E-state index in [4.69, 9.17) is 4.52 Å². The Kier molecular flexibility index (Phi) is 15.3. The molecule has 0 aliphatic heterocycles. The predicted molar refractivity (Wildman–Crippen MR) is 68.9 cm³/mol. The Balaban J connectivity index is 0. The predicted octanol–water partition coefficient (Wildman–Crippen LogP) is 4.20. The zero-order valence-electron chi connectivity index (χ0n) is 11.4. The zero-order chi connectivity index (χ0) is 12.4. The maximum Gasteiger partial charge on any atom is 0.328 e. The van der Waals surface area contributed by atoms with Crippen LogP contribution in [0, 0.1) is 46.8 Å². The summed E-state index contributed by atoms with van der Waals surface area (Å²) in [5.74, 6) is 0.331. The Bertz CT molecular complexity index is 212. The van der Waals surface area contributed by atoms with Crippen molar-refractivity contribution in [3.8, 4) is 0 Å². The fraction of sp³-hybridized carbons (Fsp3) is 1.00. The third-order valence-corrected chi connectivity index (χ3v) is 4.39. The summed E-state index contributed by atoms with van der Waals surface area (Å²) in [7, 11) is -3.34. The van der Waals surface area contributed by atoms with Crippen LogP contribution < -0.4 is 0 Å². The molecule has 0 heterocycles. The molecule has 0 rings (SSSR count). The van der Waals surface area contributed by atoms with Gasteiger partial charge in [0.25, 0.3) is 0 Å². The largest absolute Gasteiger partial charge is 0.328 e. The van der Waals surface area contributed by atoms with Crippen molar-refractivity contribution >= 4 is 7.60 Å². The molecule has 0 amide bonds. The first-order chi connectivity index (χ1) is 7.55. The molecule has 0 aromatic heterocycles. The molecular formula is C12H27NdO3P. The number of rotatable bonds is 10. The summed E-state index contributed by atoms with van der Waals surface area (Å²) in [5.41, 5.74) is 0. The van der Waals surface area contributed by atoms with E-state index in [-0.39, 0.29) is 40.8 Å². The maximum atomic E-state index is 11.8. The molecule has 0 aromatic carbocycles. The van der Waals surface area contributed by atoms with Gasteiger partial charge in [0.2, 0.25) is 0 Å². The van der Waals surface area contributed by atoms with Crippen molar-refractivity contribution in [2.45, 2.75) is 59.3 Å². The molecule has 0 aromatic rings. The number of hydrogen-bond donors (Lipinski definition) is 1. The molecule has 102 valence electrons. The number of unbranched alkanes of at least 4 members (excludes halogenated alkanes) is 2. The van der Waals surface area contributed by atoms with Crippen molar-refractivity contribution in [3.05, 3.63) is 0 Å². The van der Waals surface area contributed by atoms with Gasteiger partial charge in [0.1, 0.15) is 0 Å². The summed E-state index contributed by atoms with van der Waals surface area (Å²) < 4.78 is 16.8. The summed E-state index contributed by atoms with van der Waals surface area (Å²) in [6, 6.07) is 0. The standard InChI is InChI=1S/C12H27O3P.Nd/c1-4-7-9-12(6-3)11-16(13,14)15-10-8-5-2;/h12H,4-11H2,1-3H3,(H,13,14);. The van der Waals surface area contributed by atoms with E-state index in [1.165, 1.54) is 0 Å². The van der Waals surface area contributed by atoms with Crippen LogP contribution >= 0.6 is 7.60 Å². The normalized spacial score (nSPS) is 16.0. The molecule has 0 saturated heterocycles. The van der Waals surface area contributed by atoms with Gasteiger partial charge in [0.15, 0.2) is 0 Å². The first-order valence-corrected chi connectivity index (χ1v) is 8.28. The van der Waals surface area contributed by atoms with Gasteiger partial charge < -0.3 is 9.42 Å². The van der Waals surface area contributed by atoms with Crippen LogP contribution in [0.3, 0.4) is 0 Å². The Morgan fingerprint density at radius 2 is 1.76 bits per heavy atom. The molecule has 2 unspecified atom stereocenters. The van der Waals surface area contributed by atoms with E-state index in [1.807, 2.05) is 6.92 Å². The van der Waals surface area contributed by atoms with Gasteiger partial charge in [-0.2, -0.15) is 0 Å². The van der Waals surface area contributed by atoms with Gasteiger partial charge in [0, 0.05) is 40.8 Å². The second-order valence-electron chi connectivity index (χ2n) is 4.42. The summed E-state index contributed by atoms with van der Waals surface area (Å²) in [4.78, 5) is 9.68. The number of hydrogen-bond acceptors (Lipinski definition) is 2. The van der Waals surface area contributed by atoms with Crippen LogP contribution in [-0.2, 0) is 9.09 Å². The van der Waals surface area contributed by atoms with Crippen LogP contribution in [0.1, 0.15) is 59.3 Å². The minimum Gasteiger partial charge on any atom is -0.324 e. The molecule has 0 radical (unpaired) electrons. The van der Waals surface area contributed by atoms with Crippen LogP contribution in [0.25, 0.3) is 0 Å². The SMILES string of the molecule is CCCCOP(=O)(O)CC(CC)CCCC.[Nd]. The van der Waals surface area contributed by atoms with Gasteiger partial charge in [0.05, 0.1) is 12.8 Å². The van der Waals surface area contributed by atoms with Crippen molar-refractivity contribution in [2.24, 2.45) is 5.92 Å². The summed E-state index contributed by atoms with van der Waals surface area (Å²) in [5, 5.41) is 0. The Labute approximate surface area is 139 Å². The maximum absolute atomic E-state index is 11.8. The van der Waals surface area contributed by atoms with Gasteiger partial charge in [-0.05, 0) is 18.8 Å².